The second-order valence-corrected chi connectivity index (χ2v) is 7.00. The number of rotatable bonds is 6. The Morgan fingerprint density at radius 3 is 2.57 bits per heavy atom. The largest absolute Gasteiger partial charge is 0.507 e. The fraction of sp³-hybridized carbons (Fsp3) is 0.364. The zero-order chi connectivity index (χ0) is 20.4. The van der Waals surface area contributed by atoms with Gasteiger partial charge in [-0.3, -0.25) is 9.59 Å². The Labute approximate surface area is 164 Å². The zero-order valence-corrected chi connectivity index (χ0v) is 16.6. The maximum Gasteiger partial charge on any atom is 0.295 e. The number of aliphatic hydroxyl groups is 1. The molecule has 0 bridgehead atoms. The fourth-order valence-electron chi connectivity index (χ4n) is 3.49. The summed E-state index contributed by atoms with van der Waals surface area (Å²) in [7, 11) is 1.49. The van der Waals surface area contributed by atoms with Gasteiger partial charge in [0.15, 0.2) is 0 Å². The molecule has 1 fully saturated rings. The van der Waals surface area contributed by atoms with Gasteiger partial charge in [-0.25, -0.2) is 0 Å². The Balaban J connectivity index is 2.21. The summed E-state index contributed by atoms with van der Waals surface area (Å²) in [5.74, 6) is -0.0312. The summed E-state index contributed by atoms with van der Waals surface area (Å²) in [4.78, 5) is 27.1. The van der Waals surface area contributed by atoms with Crippen LogP contribution in [0.4, 0.5) is 0 Å². The predicted molar refractivity (Wildman–Crippen MR) is 105 cm³/mol. The Morgan fingerprint density at radius 2 is 1.96 bits per heavy atom. The van der Waals surface area contributed by atoms with Crippen LogP contribution in [0.3, 0.4) is 0 Å². The Morgan fingerprint density at radius 1 is 1.21 bits per heavy atom. The first-order valence-electron chi connectivity index (χ1n) is 9.38. The molecule has 1 N–H and O–H groups in total. The van der Waals surface area contributed by atoms with E-state index >= 15 is 0 Å². The van der Waals surface area contributed by atoms with E-state index < -0.39 is 17.7 Å². The first kappa shape index (κ1) is 19.7. The molecule has 1 aromatic heterocycles. The van der Waals surface area contributed by atoms with E-state index in [9.17, 15) is 14.7 Å². The van der Waals surface area contributed by atoms with E-state index in [4.69, 9.17) is 9.15 Å². The molecule has 1 amide bonds. The maximum atomic E-state index is 12.9. The Kier molecular flexibility index (Phi) is 5.58. The monoisotopic (exact) mass is 383 g/mol. The van der Waals surface area contributed by atoms with Crippen molar-refractivity contribution in [3.63, 3.8) is 0 Å². The quantitative estimate of drug-likeness (QED) is 0.461. The summed E-state index contributed by atoms with van der Waals surface area (Å²) in [6.45, 7) is 6.10. The number of amides is 1. The molecule has 1 aliphatic heterocycles. The molecule has 0 aliphatic carbocycles. The number of Topliss-reactive ketones (excluding diaryl/α,β-unsaturated/α-hetero) is 1. The van der Waals surface area contributed by atoms with Crippen LogP contribution in [-0.4, -0.2) is 35.4 Å². The molecule has 6 nitrogen and oxygen atoms in total. The number of methoxy groups -OCH3 is 1. The normalized spacial score (nSPS) is 18.7. The number of aliphatic hydroxyl groups excluding tert-OH is 1. The highest BCUT2D eigenvalue weighted by Crippen LogP contribution is 2.41. The Hall–Kier alpha value is -3.02. The number of carbonyl (C=O) groups is 2. The number of aryl methyl sites for hydroxylation is 2. The minimum Gasteiger partial charge on any atom is -0.507 e. The van der Waals surface area contributed by atoms with Gasteiger partial charge in [0.1, 0.15) is 29.1 Å². The van der Waals surface area contributed by atoms with Crippen molar-refractivity contribution >= 4 is 17.4 Å². The first-order chi connectivity index (χ1) is 13.4. The highest BCUT2D eigenvalue weighted by molar-refractivity contribution is 6.46. The number of carbonyl (C=O) groups excluding carboxylic acids is 2. The van der Waals surface area contributed by atoms with Gasteiger partial charge in [-0.15, -0.1) is 0 Å². The lowest BCUT2D eigenvalue weighted by Crippen LogP contribution is -2.30. The third-order valence-corrected chi connectivity index (χ3v) is 4.93. The smallest absolute Gasteiger partial charge is 0.295 e. The van der Waals surface area contributed by atoms with Crippen LogP contribution in [0.15, 0.2) is 40.3 Å². The minimum absolute atomic E-state index is 0.0272. The molecule has 0 radical (unpaired) electrons. The van der Waals surface area contributed by atoms with E-state index in [0.717, 1.165) is 18.4 Å². The molecule has 0 spiro atoms. The molecule has 28 heavy (non-hydrogen) atoms. The van der Waals surface area contributed by atoms with E-state index in [2.05, 4.69) is 0 Å². The summed E-state index contributed by atoms with van der Waals surface area (Å²) in [6, 6.07) is 8.07. The summed E-state index contributed by atoms with van der Waals surface area (Å²) in [5, 5.41) is 11.1. The van der Waals surface area contributed by atoms with Crippen LogP contribution in [0.1, 0.15) is 48.5 Å². The average Bonchev–Trinajstić information content (AvgIpc) is 3.21. The van der Waals surface area contributed by atoms with Crippen LogP contribution in [0, 0.1) is 13.8 Å². The van der Waals surface area contributed by atoms with Crippen LogP contribution in [-0.2, 0) is 9.59 Å². The summed E-state index contributed by atoms with van der Waals surface area (Å²) >= 11 is 0. The number of furan rings is 1. The number of likely N-dealkylation sites (tertiary alicyclic amines) is 1. The van der Waals surface area contributed by atoms with Gasteiger partial charge in [-0.1, -0.05) is 25.0 Å². The molecule has 1 aromatic carbocycles. The van der Waals surface area contributed by atoms with Crippen molar-refractivity contribution < 1.29 is 23.8 Å². The third kappa shape index (κ3) is 3.42. The van der Waals surface area contributed by atoms with Crippen LogP contribution < -0.4 is 4.74 Å². The lowest BCUT2D eigenvalue weighted by atomic mass is 9.98. The molecule has 148 valence electrons. The van der Waals surface area contributed by atoms with Crippen molar-refractivity contribution in [1.82, 2.24) is 4.90 Å². The van der Waals surface area contributed by atoms with Crippen molar-refractivity contribution in [2.45, 2.75) is 39.7 Å². The van der Waals surface area contributed by atoms with Crippen molar-refractivity contribution in [2.75, 3.05) is 13.7 Å². The number of hydrogen-bond donors (Lipinski definition) is 1. The van der Waals surface area contributed by atoms with Gasteiger partial charge in [-0.2, -0.15) is 0 Å². The maximum absolute atomic E-state index is 12.9. The lowest BCUT2D eigenvalue weighted by molar-refractivity contribution is -0.140. The summed E-state index contributed by atoms with van der Waals surface area (Å²) in [6.07, 6.45) is 1.62. The van der Waals surface area contributed by atoms with E-state index in [1.54, 1.807) is 31.2 Å². The van der Waals surface area contributed by atoms with Crippen LogP contribution in [0.2, 0.25) is 0 Å². The van der Waals surface area contributed by atoms with Crippen LogP contribution >= 0.6 is 0 Å². The van der Waals surface area contributed by atoms with Gasteiger partial charge in [0, 0.05) is 6.54 Å². The van der Waals surface area contributed by atoms with Gasteiger partial charge < -0.3 is 19.2 Å². The number of ether oxygens (including phenoxy) is 1. The molecule has 2 aromatic rings. The Bertz CT molecular complexity index is 940. The van der Waals surface area contributed by atoms with Crippen molar-refractivity contribution in [2.24, 2.45) is 0 Å². The first-order valence-corrected chi connectivity index (χ1v) is 9.38. The third-order valence-electron chi connectivity index (χ3n) is 4.93. The topological polar surface area (TPSA) is 80.0 Å². The number of hydrogen-bond acceptors (Lipinski definition) is 5. The van der Waals surface area contributed by atoms with Gasteiger partial charge >= 0.3 is 0 Å². The molecule has 1 aliphatic rings. The van der Waals surface area contributed by atoms with Crippen LogP contribution in [0.25, 0.3) is 5.76 Å². The molecule has 2 heterocycles. The zero-order valence-electron chi connectivity index (χ0n) is 16.6. The predicted octanol–water partition coefficient (Wildman–Crippen LogP) is 4.13. The standard InChI is InChI=1S/C22H25NO5/c1-5-6-11-23-19(17-10-8-14(3)28-17)18(21(25)22(23)26)20(24)15-12-13(2)7-9-16(15)27-4/h7-10,12,19,24H,5-6,11H2,1-4H3/b20-18+. The second-order valence-electron chi connectivity index (χ2n) is 7.00. The molecule has 1 atom stereocenters. The van der Waals surface area contributed by atoms with Crippen molar-refractivity contribution in [3.8, 4) is 5.75 Å². The number of ketones is 1. The lowest BCUT2D eigenvalue weighted by Gasteiger charge is -2.23. The van der Waals surface area contributed by atoms with Crippen molar-refractivity contribution in [3.05, 3.63) is 58.6 Å². The average molecular weight is 383 g/mol. The molecule has 3 rings (SSSR count). The van der Waals surface area contributed by atoms with Crippen molar-refractivity contribution in [1.29, 1.82) is 0 Å². The van der Waals surface area contributed by atoms with Gasteiger partial charge in [-0.05, 0) is 44.5 Å². The molecular formula is C22H25NO5. The van der Waals surface area contributed by atoms with Gasteiger partial charge in [0.25, 0.3) is 11.7 Å². The van der Waals surface area contributed by atoms with E-state index in [1.807, 2.05) is 19.9 Å². The molecule has 6 heteroatoms. The molecular weight excluding hydrogens is 358 g/mol. The molecule has 1 unspecified atom stereocenters. The number of nitrogens with zero attached hydrogens (tertiary/aromatic N) is 1. The van der Waals surface area contributed by atoms with E-state index in [0.29, 0.717) is 29.4 Å². The minimum atomic E-state index is -0.759. The van der Waals surface area contributed by atoms with E-state index in [-0.39, 0.29) is 11.3 Å². The summed E-state index contributed by atoms with van der Waals surface area (Å²) in [5.41, 5.74) is 1.30. The highest BCUT2D eigenvalue weighted by atomic mass is 16.5. The molecule has 0 saturated carbocycles. The SMILES string of the molecule is CCCCN1C(=O)C(=O)/C(=C(/O)c2cc(C)ccc2OC)C1c1ccc(C)o1. The highest BCUT2D eigenvalue weighted by Gasteiger charge is 2.47. The fourth-order valence-corrected chi connectivity index (χ4v) is 3.49. The summed E-state index contributed by atoms with van der Waals surface area (Å²) < 4.78 is 11.1. The van der Waals surface area contributed by atoms with Gasteiger partial charge in [0.05, 0.1) is 18.2 Å². The van der Waals surface area contributed by atoms with Gasteiger partial charge in [0.2, 0.25) is 0 Å². The molecule has 1 saturated heterocycles. The number of unbranched alkanes of at least 4 members (excludes halogenated alkanes) is 1. The second kappa shape index (κ2) is 7.92. The van der Waals surface area contributed by atoms with E-state index in [1.165, 1.54) is 12.0 Å². The number of benzene rings is 1. The van der Waals surface area contributed by atoms with Crippen LogP contribution in [0.5, 0.6) is 5.75 Å².